The van der Waals surface area contributed by atoms with Crippen molar-refractivity contribution in [1.82, 2.24) is 5.32 Å². The summed E-state index contributed by atoms with van der Waals surface area (Å²) >= 11 is 0. The van der Waals surface area contributed by atoms with E-state index in [9.17, 15) is 0 Å². The zero-order valence-electron chi connectivity index (χ0n) is 8.03. The van der Waals surface area contributed by atoms with Crippen molar-refractivity contribution in [2.45, 2.75) is 19.4 Å². The summed E-state index contributed by atoms with van der Waals surface area (Å²) in [6, 6.07) is 10.3. The van der Waals surface area contributed by atoms with Gasteiger partial charge in [-0.1, -0.05) is 35.9 Å². The third-order valence-electron chi connectivity index (χ3n) is 1.97. The smallest absolute Gasteiger partial charge is 0.0676 e. The molecule has 0 spiro atoms. The Bertz CT molecular complexity index is 217. The predicted molar refractivity (Wildman–Crippen MR) is 54.7 cm³/mol. The summed E-state index contributed by atoms with van der Waals surface area (Å²) in [7, 11) is 0. The molecule has 0 saturated carbocycles. The largest absolute Gasteiger partial charge is 0.392 e. The number of hydrogen-bond donors (Lipinski definition) is 2. The molecule has 0 amide bonds. The molecule has 2 rings (SSSR count). The zero-order chi connectivity index (χ0) is 9.52. The first-order chi connectivity index (χ1) is 6.29. The van der Waals surface area contributed by atoms with Gasteiger partial charge in [-0.05, 0) is 19.9 Å². The molecular formula is C11H17NO. The Labute approximate surface area is 79.6 Å². The SMILES string of the molecule is Cc1ccccc1.OC1CCNC1. The number of aryl methyl sites for hydroxylation is 1. The van der Waals surface area contributed by atoms with Gasteiger partial charge in [-0.2, -0.15) is 0 Å². The van der Waals surface area contributed by atoms with Gasteiger partial charge in [-0.25, -0.2) is 0 Å². The van der Waals surface area contributed by atoms with Gasteiger partial charge in [-0.15, -0.1) is 0 Å². The molecule has 2 N–H and O–H groups in total. The number of rotatable bonds is 0. The molecule has 13 heavy (non-hydrogen) atoms. The molecule has 1 saturated heterocycles. The molecule has 1 aliphatic rings. The Kier molecular flexibility index (Phi) is 4.50. The van der Waals surface area contributed by atoms with Crippen LogP contribution in [0.25, 0.3) is 0 Å². The fourth-order valence-electron chi connectivity index (χ4n) is 1.17. The highest BCUT2D eigenvalue weighted by Crippen LogP contribution is 1.93. The third kappa shape index (κ3) is 4.65. The lowest BCUT2D eigenvalue weighted by Crippen LogP contribution is -2.11. The van der Waals surface area contributed by atoms with E-state index in [0.717, 1.165) is 19.5 Å². The molecule has 0 aromatic heterocycles. The van der Waals surface area contributed by atoms with E-state index < -0.39 is 0 Å². The molecule has 1 atom stereocenters. The Morgan fingerprint density at radius 2 is 2.00 bits per heavy atom. The van der Waals surface area contributed by atoms with Crippen molar-refractivity contribution in [3.8, 4) is 0 Å². The molecule has 0 radical (unpaired) electrons. The van der Waals surface area contributed by atoms with E-state index in [-0.39, 0.29) is 6.10 Å². The van der Waals surface area contributed by atoms with Crippen molar-refractivity contribution in [2.24, 2.45) is 0 Å². The summed E-state index contributed by atoms with van der Waals surface area (Å²) < 4.78 is 0. The molecule has 1 fully saturated rings. The highest BCUT2D eigenvalue weighted by Gasteiger charge is 2.08. The monoisotopic (exact) mass is 179 g/mol. The fraction of sp³-hybridized carbons (Fsp3) is 0.455. The van der Waals surface area contributed by atoms with Crippen molar-refractivity contribution in [3.63, 3.8) is 0 Å². The van der Waals surface area contributed by atoms with Crippen LogP contribution in [0.3, 0.4) is 0 Å². The van der Waals surface area contributed by atoms with Crippen LogP contribution in [-0.2, 0) is 0 Å². The van der Waals surface area contributed by atoms with Crippen LogP contribution in [0.4, 0.5) is 0 Å². The first-order valence-electron chi connectivity index (χ1n) is 4.69. The molecule has 0 aliphatic carbocycles. The minimum atomic E-state index is -0.0648. The Hall–Kier alpha value is -0.860. The highest BCUT2D eigenvalue weighted by molar-refractivity contribution is 5.11. The topological polar surface area (TPSA) is 32.3 Å². The van der Waals surface area contributed by atoms with Crippen molar-refractivity contribution in [2.75, 3.05) is 13.1 Å². The summed E-state index contributed by atoms with van der Waals surface area (Å²) in [6.45, 7) is 3.86. The van der Waals surface area contributed by atoms with Gasteiger partial charge in [0.25, 0.3) is 0 Å². The van der Waals surface area contributed by atoms with Crippen LogP contribution < -0.4 is 5.32 Å². The van der Waals surface area contributed by atoms with Gasteiger partial charge >= 0.3 is 0 Å². The molecule has 1 aromatic carbocycles. The molecule has 1 heterocycles. The summed E-state index contributed by atoms with van der Waals surface area (Å²) in [5.74, 6) is 0. The second kappa shape index (κ2) is 5.73. The van der Waals surface area contributed by atoms with Gasteiger partial charge in [0.05, 0.1) is 6.10 Å². The highest BCUT2D eigenvalue weighted by atomic mass is 16.3. The van der Waals surface area contributed by atoms with E-state index in [2.05, 4.69) is 24.4 Å². The van der Waals surface area contributed by atoms with Gasteiger partial charge in [-0.3, -0.25) is 0 Å². The first-order valence-corrected chi connectivity index (χ1v) is 4.69. The number of hydrogen-bond acceptors (Lipinski definition) is 2. The molecule has 0 bridgehead atoms. The van der Waals surface area contributed by atoms with E-state index in [1.165, 1.54) is 5.56 Å². The van der Waals surface area contributed by atoms with Crippen LogP contribution in [-0.4, -0.2) is 24.3 Å². The molecule has 2 heteroatoms. The fourth-order valence-corrected chi connectivity index (χ4v) is 1.17. The Morgan fingerprint density at radius 1 is 1.31 bits per heavy atom. The minimum Gasteiger partial charge on any atom is -0.392 e. The molecule has 1 unspecified atom stereocenters. The van der Waals surface area contributed by atoms with Crippen LogP contribution in [0.1, 0.15) is 12.0 Å². The molecule has 1 aliphatic heterocycles. The maximum Gasteiger partial charge on any atom is 0.0676 e. The van der Waals surface area contributed by atoms with Gasteiger partial charge in [0.15, 0.2) is 0 Å². The number of benzene rings is 1. The van der Waals surface area contributed by atoms with Gasteiger partial charge in [0.1, 0.15) is 0 Å². The lowest BCUT2D eigenvalue weighted by atomic mass is 10.2. The van der Waals surface area contributed by atoms with Crippen molar-refractivity contribution in [3.05, 3.63) is 35.9 Å². The summed E-state index contributed by atoms with van der Waals surface area (Å²) in [5.41, 5.74) is 1.32. The lowest BCUT2D eigenvalue weighted by molar-refractivity contribution is 0.196. The summed E-state index contributed by atoms with van der Waals surface area (Å²) in [5, 5.41) is 11.7. The lowest BCUT2D eigenvalue weighted by Gasteiger charge is -1.90. The van der Waals surface area contributed by atoms with E-state index in [1.807, 2.05) is 18.2 Å². The minimum absolute atomic E-state index is 0.0648. The average Bonchev–Trinajstić information content (AvgIpc) is 2.58. The second-order valence-corrected chi connectivity index (χ2v) is 3.30. The molecule has 72 valence electrons. The third-order valence-corrected chi connectivity index (χ3v) is 1.97. The molecule has 2 nitrogen and oxygen atoms in total. The molecule has 1 aromatic rings. The maximum absolute atomic E-state index is 8.67. The van der Waals surface area contributed by atoms with E-state index in [0.29, 0.717) is 0 Å². The van der Waals surface area contributed by atoms with Crippen molar-refractivity contribution >= 4 is 0 Å². The maximum atomic E-state index is 8.67. The van der Waals surface area contributed by atoms with Gasteiger partial charge in [0, 0.05) is 6.54 Å². The number of β-amino-alcohol motifs (C(OH)–C–C–N with tert-alkyl or cyclic N) is 1. The first kappa shape index (κ1) is 10.2. The normalized spacial score (nSPS) is 20.6. The van der Waals surface area contributed by atoms with E-state index >= 15 is 0 Å². The van der Waals surface area contributed by atoms with E-state index in [1.54, 1.807) is 0 Å². The zero-order valence-corrected chi connectivity index (χ0v) is 8.03. The number of aliphatic hydroxyl groups is 1. The van der Waals surface area contributed by atoms with Crippen molar-refractivity contribution < 1.29 is 5.11 Å². The second-order valence-electron chi connectivity index (χ2n) is 3.30. The van der Waals surface area contributed by atoms with Crippen LogP contribution in [0.15, 0.2) is 30.3 Å². The van der Waals surface area contributed by atoms with Gasteiger partial charge < -0.3 is 10.4 Å². The van der Waals surface area contributed by atoms with Crippen LogP contribution >= 0.6 is 0 Å². The quantitative estimate of drug-likeness (QED) is 0.630. The number of aliphatic hydroxyl groups excluding tert-OH is 1. The predicted octanol–water partition coefficient (Wildman–Crippen LogP) is 1.34. The molecular weight excluding hydrogens is 162 g/mol. The summed E-state index contributed by atoms with van der Waals surface area (Å²) in [6.07, 6.45) is 0.866. The Morgan fingerprint density at radius 3 is 2.23 bits per heavy atom. The van der Waals surface area contributed by atoms with Crippen molar-refractivity contribution in [1.29, 1.82) is 0 Å². The summed E-state index contributed by atoms with van der Waals surface area (Å²) in [4.78, 5) is 0. The standard InChI is InChI=1S/C7H8.C4H9NO/c1-7-5-3-2-4-6-7;6-4-1-2-5-3-4/h2-6H,1H3;4-6H,1-3H2. The average molecular weight is 179 g/mol. The van der Waals surface area contributed by atoms with E-state index in [4.69, 9.17) is 5.11 Å². The van der Waals surface area contributed by atoms with Crippen LogP contribution in [0.2, 0.25) is 0 Å². The van der Waals surface area contributed by atoms with Crippen LogP contribution in [0, 0.1) is 6.92 Å². The Balaban J connectivity index is 0.000000132. The van der Waals surface area contributed by atoms with Gasteiger partial charge in [0.2, 0.25) is 0 Å². The van der Waals surface area contributed by atoms with Crippen LogP contribution in [0.5, 0.6) is 0 Å². The number of nitrogens with one attached hydrogen (secondary N) is 1.